The number of H-pyrrole nitrogens is 1. The lowest BCUT2D eigenvalue weighted by molar-refractivity contribution is -0.135. The van der Waals surface area contributed by atoms with Crippen LogP contribution in [-0.2, 0) is 11.2 Å². The summed E-state index contributed by atoms with van der Waals surface area (Å²) in [4.78, 5) is 32.2. The molecule has 1 aromatic heterocycles. The fraction of sp³-hybridized carbons (Fsp3) is 0.545. The van der Waals surface area contributed by atoms with E-state index in [4.69, 9.17) is 9.47 Å². The normalized spacial score (nSPS) is 18.9. The van der Waals surface area contributed by atoms with E-state index < -0.39 is 0 Å². The monoisotopic (exact) mass is 399 g/mol. The molecule has 3 heterocycles. The van der Waals surface area contributed by atoms with E-state index in [2.05, 4.69) is 4.98 Å². The molecule has 4 rings (SSSR count). The van der Waals surface area contributed by atoms with Crippen molar-refractivity contribution in [2.24, 2.45) is 5.92 Å². The van der Waals surface area contributed by atoms with E-state index in [1.807, 2.05) is 44.7 Å². The number of ether oxygens (including phenoxy) is 2. The fourth-order valence-corrected chi connectivity index (χ4v) is 4.18. The quantitative estimate of drug-likeness (QED) is 0.858. The number of hydrogen-bond donors (Lipinski definition) is 1. The molecule has 1 fully saturated rings. The van der Waals surface area contributed by atoms with Gasteiger partial charge >= 0.3 is 0 Å². The second-order valence-electron chi connectivity index (χ2n) is 8.17. The molecule has 1 atom stereocenters. The molecule has 1 aromatic carbocycles. The highest BCUT2D eigenvalue weighted by Gasteiger charge is 2.29. The number of rotatable bonds is 4. The molecule has 2 aliphatic heterocycles. The summed E-state index contributed by atoms with van der Waals surface area (Å²) < 4.78 is 11.8. The van der Waals surface area contributed by atoms with Gasteiger partial charge in [0, 0.05) is 49.5 Å². The zero-order valence-corrected chi connectivity index (χ0v) is 17.6. The van der Waals surface area contributed by atoms with E-state index >= 15 is 0 Å². The number of carbonyl (C=O) groups excluding carboxylic acids is 2. The third-order valence-electron chi connectivity index (χ3n) is 5.64. The van der Waals surface area contributed by atoms with Crippen LogP contribution in [0.5, 0.6) is 11.5 Å². The summed E-state index contributed by atoms with van der Waals surface area (Å²) in [5.41, 5.74) is 2.46. The van der Waals surface area contributed by atoms with Gasteiger partial charge in [-0.25, -0.2) is 0 Å². The number of hydrogen-bond acceptors (Lipinski definition) is 4. The van der Waals surface area contributed by atoms with E-state index in [9.17, 15) is 9.59 Å². The first-order chi connectivity index (χ1) is 13.9. The summed E-state index contributed by atoms with van der Waals surface area (Å²) in [6, 6.07) is 3.89. The average molecular weight is 399 g/mol. The molecule has 2 aromatic rings. The van der Waals surface area contributed by atoms with Crippen molar-refractivity contribution < 1.29 is 19.1 Å². The Bertz CT molecular complexity index is 941. The Morgan fingerprint density at radius 2 is 1.90 bits per heavy atom. The molecule has 2 amide bonds. The molecule has 156 valence electrons. The predicted molar refractivity (Wildman–Crippen MR) is 111 cm³/mol. The van der Waals surface area contributed by atoms with Gasteiger partial charge in [0.15, 0.2) is 0 Å². The van der Waals surface area contributed by atoms with Crippen LogP contribution in [0.3, 0.4) is 0 Å². The summed E-state index contributed by atoms with van der Waals surface area (Å²) in [5, 5.41) is 0.872. The molecule has 0 saturated carbocycles. The van der Waals surface area contributed by atoms with Gasteiger partial charge < -0.3 is 24.3 Å². The van der Waals surface area contributed by atoms with Gasteiger partial charge in [-0.15, -0.1) is 0 Å². The van der Waals surface area contributed by atoms with Crippen LogP contribution in [0.25, 0.3) is 10.9 Å². The molecule has 2 aliphatic rings. The minimum Gasteiger partial charge on any atom is -0.493 e. The lowest BCUT2D eigenvalue weighted by Gasteiger charge is -2.35. The number of nitrogens with zero attached hydrogens (tertiary/aromatic N) is 2. The molecule has 0 aliphatic carbocycles. The van der Waals surface area contributed by atoms with Crippen LogP contribution in [0.15, 0.2) is 12.1 Å². The summed E-state index contributed by atoms with van der Waals surface area (Å²) in [5.74, 6) is 1.67. The number of aromatic nitrogens is 1. The Morgan fingerprint density at radius 1 is 1.21 bits per heavy atom. The maximum Gasteiger partial charge on any atom is 0.270 e. The molecule has 0 bridgehead atoms. The highest BCUT2D eigenvalue weighted by molar-refractivity contribution is 6.02. The Kier molecular flexibility index (Phi) is 5.15. The van der Waals surface area contributed by atoms with Gasteiger partial charge in [-0.3, -0.25) is 9.59 Å². The number of fused-ring (bicyclic) bond motifs is 3. The SMILES string of the molecule is CCOc1cc2c(c3[nH]c(C(=O)N4CCN(C(=O)C(C)C)CC4)cc13)O[C@H](C)C2. The van der Waals surface area contributed by atoms with Crippen molar-refractivity contribution in [1.82, 2.24) is 14.8 Å². The molecule has 0 spiro atoms. The van der Waals surface area contributed by atoms with E-state index in [-0.39, 0.29) is 23.8 Å². The minimum absolute atomic E-state index is 0.0209. The van der Waals surface area contributed by atoms with Gasteiger partial charge in [-0.05, 0) is 26.0 Å². The van der Waals surface area contributed by atoms with Gasteiger partial charge in [0.2, 0.25) is 5.91 Å². The zero-order chi connectivity index (χ0) is 20.7. The number of nitrogens with one attached hydrogen (secondary N) is 1. The average Bonchev–Trinajstić information content (AvgIpc) is 3.30. The van der Waals surface area contributed by atoms with Crippen LogP contribution in [0, 0.1) is 5.92 Å². The Balaban J connectivity index is 1.59. The Labute approximate surface area is 170 Å². The van der Waals surface area contributed by atoms with Gasteiger partial charge in [-0.1, -0.05) is 13.8 Å². The van der Waals surface area contributed by atoms with Crippen molar-refractivity contribution in [2.75, 3.05) is 32.8 Å². The van der Waals surface area contributed by atoms with E-state index in [1.165, 1.54) is 0 Å². The summed E-state index contributed by atoms with van der Waals surface area (Å²) in [6.07, 6.45) is 0.943. The number of piperazine rings is 1. The van der Waals surface area contributed by atoms with E-state index in [1.54, 1.807) is 4.90 Å². The van der Waals surface area contributed by atoms with Gasteiger partial charge in [0.05, 0.1) is 12.1 Å². The third-order valence-corrected chi connectivity index (χ3v) is 5.64. The topological polar surface area (TPSA) is 74.9 Å². The van der Waals surface area contributed by atoms with Crippen molar-refractivity contribution in [3.63, 3.8) is 0 Å². The van der Waals surface area contributed by atoms with E-state index in [0.717, 1.165) is 34.4 Å². The largest absolute Gasteiger partial charge is 0.493 e. The lowest BCUT2D eigenvalue weighted by Crippen LogP contribution is -2.51. The van der Waals surface area contributed by atoms with Crippen LogP contribution in [0.1, 0.15) is 43.7 Å². The van der Waals surface area contributed by atoms with Crippen LogP contribution in [-0.4, -0.2) is 65.5 Å². The zero-order valence-electron chi connectivity index (χ0n) is 17.6. The highest BCUT2D eigenvalue weighted by atomic mass is 16.5. The molecule has 7 heteroatoms. The van der Waals surface area contributed by atoms with Crippen molar-refractivity contribution in [3.05, 3.63) is 23.4 Å². The van der Waals surface area contributed by atoms with Crippen molar-refractivity contribution in [3.8, 4) is 11.5 Å². The van der Waals surface area contributed by atoms with Crippen LogP contribution >= 0.6 is 0 Å². The first-order valence-electron chi connectivity index (χ1n) is 10.4. The molecule has 0 unspecified atom stereocenters. The predicted octanol–water partition coefficient (Wildman–Crippen LogP) is 2.83. The maximum atomic E-state index is 13.1. The Hall–Kier alpha value is -2.70. The third kappa shape index (κ3) is 3.54. The van der Waals surface area contributed by atoms with Crippen LogP contribution in [0.2, 0.25) is 0 Å². The van der Waals surface area contributed by atoms with Crippen LogP contribution in [0.4, 0.5) is 0 Å². The van der Waals surface area contributed by atoms with Crippen molar-refractivity contribution in [2.45, 2.75) is 40.2 Å². The highest BCUT2D eigenvalue weighted by Crippen LogP contribution is 2.41. The number of aromatic amines is 1. The van der Waals surface area contributed by atoms with Crippen molar-refractivity contribution in [1.29, 1.82) is 0 Å². The molecule has 0 radical (unpaired) electrons. The number of carbonyl (C=O) groups is 2. The minimum atomic E-state index is -0.0555. The summed E-state index contributed by atoms with van der Waals surface area (Å²) in [6.45, 7) is 10.6. The summed E-state index contributed by atoms with van der Waals surface area (Å²) in [7, 11) is 0. The number of benzene rings is 1. The smallest absolute Gasteiger partial charge is 0.270 e. The fourth-order valence-electron chi connectivity index (χ4n) is 4.18. The molecular weight excluding hydrogens is 370 g/mol. The molecule has 1 N–H and O–H groups in total. The molecular formula is C22H29N3O4. The second-order valence-corrected chi connectivity index (χ2v) is 8.17. The van der Waals surface area contributed by atoms with Gasteiger partial charge in [0.25, 0.3) is 5.91 Å². The summed E-state index contributed by atoms with van der Waals surface area (Å²) >= 11 is 0. The van der Waals surface area contributed by atoms with Gasteiger partial charge in [-0.2, -0.15) is 0 Å². The second kappa shape index (κ2) is 7.61. The first kappa shape index (κ1) is 19.6. The number of amides is 2. The first-order valence-corrected chi connectivity index (χ1v) is 10.4. The Morgan fingerprint density at radius 3 is 2.55 bits per heavy atom. The van der Waals surface area contributed by atoms with Gasteiger partial charge in [0.1, 0.15) is 23.3 Å². The standard InChI is InChI=1S/C22H29N3O4/c1-5-28-18-11-15-10-14(4)29-20(15)19-16(18)12-17(23-19)22(27)25-8-6-24(7-9-25)21(26)13(2)3/h11-14,23H,5-10H2,1-4H3/t14-/m1/s1. The molecule has 7 nitrogen and oxygen atoms in total. The van der Waals surface area contributed by atoms with E-state index in [0.29, 0.717) is 38.5 Å². The van der Waals surface area contributed by atoms with Crippen molar-refractivity contribution >= 4 is 22.7 Å². The lowest BCUT2D eigenvalue weighted by atomic mass is 10.1. The van der Waals surface area contributed by atoms with Crippen LogP contribution < -0.4 is 9.47 Å². The molecule has 29 heavy (non-hydrogen) atoms. The maximum absolute atomic E-state index is 13.1. The molecule has 1 saturated heterocycles.